The van der Waals surface area contributed by atoms with Crippen molar-refractivity contribution in [3.63, 3.8) is 0 Å². The predicted molar refractivity (Wildman–Crippen MR) is 129 cm³/mol. The first-order valence-electron chi connectivity index (χ1n) is 11.9. The summed E-state index contributed by atoms with van der Waals surface area (Å²) < 4.78 is 4.06. The lowest BCUT2D eigenvalue weighted by Crippen LogP contribution is -2.44. The molecule has 8 nitrogen and oxygen atoms in total. The van der Waals surface area contributed by atoms with Crippen LogP contribution in [0.2, 0.25) is 0 Å². The molecule has 2 aliphatic rings. The third kappa shape index (κ3) is 3.59. The number of pyridine rings is 1. The quantitative estimate of drug-likeness (QED) is 0.460. The summed E-state index contributed by atoms with van der Waals surface area (Å²) in [7, 11) is 0. The van der Waals surface area contributed by atoms with E-state index in [0.29, 0.717) is 18.9 Å². The van der Waals surface area contributed by atoms with E-state index in [0.717, 1.165) is 36.0 Å². The minimum atomic E-state index is -0.228. The van der Waals surface area contributed by atoms with Crippen LogP contribution in [0.25, 0.3) is 17.0 Å². The Morgan fingerprint density at radius 1 is 1.21 bits per heavy atom. The molecule has 0 spiro atoms. The van der Waals surface area contributed by atoms with Gasteiger partial charge in [0.15, 0.2) is 0 Å². The van der Waals surface area contributed by atoms with Gasteiger partial charge in [-0.3, -0.25) is 9.78 Å². The van der Waals surface area contributed by atoms with E-state index in [2.05, 4.69) is 56.4 Å². The van der Waals surface area contributed by atoms with Gasteiger partial charge in [-0.25, -0.2) is 4.68 Å². The number of amides is 1. The molecule has 4 aromatic rings. The highest BCUT2D eigenvalue weighted by molar-refractivity contribution is 5.90. The minimum absolute atomic E-state index is 0.129. The topological polar surface area (TPSA) is 81.7 Å². The number of fused-ring (bicyclic) bond motifs is 3. The number of carbonyl (C=O) groups is 1. The fourth-order valence-corrected chi connectivity index (χ4v) is 5.40. The summed E-state index contributed by atoms with van der Waals surface area (Å²) in [4.78, 5) is 20.2. The molecule has 6 rings (SSSR count). The zero-order valence-corrected chi connectivity index (χ0v) is 19.2. The van der Waals surface area contributed by atoms with Crippen molar-refractivity contribution in [2.45, 2.75) is 38.3 Å². The van der Waals surface area contributed by atoms with Crippen molar-refractivity contribution in [3.8, 4) is 0 Å². The van der Waals surface area contributed by atoms with Gasteiger partial charge in [0.25, 0.3) is 0 Å². The fourth-order valence-electron chi connectivity index (χ4n) is 5.40. The van der Waals surface area contributed by atoms with E-state index in [1.54, 1.807) is 11.0 Å². The van der Waals surface area contributed by atoms with E-state index >= 15 is 0 Å². The minimum Gasteiger partial charge on any atom is -0.342 e. The fraction of sp³-hybridized carbons (Fsp3) is 0.346. The number of rotatable bonds is 5. The van der Waals surface area contributed by atoms with Crippen LogP contribution in [0.15, 0.2) is 61.2 Å². The lowest BCUT2D eigenvalue weighted by molar-refractivity contribution is -0.134. The monoisotopic (exact) mass is 453 g/mol. The number of hydrogen-bond donors (Lipinski definition) is 0. The van der Waals surface area contributed by atoms with Crippen LogP contribution in [-0.2, 0) is 11.2 Å². The largest absolute Gasteiger partial charge is 0.342 e. The Balaban J connectivity index is 1.27. The van der Waals surface area contributed by atoms with Gasteiger partial charge in [0.05, 0.1) is 29.7 Å². The van der Waals surface area contributed by atoms with Crippen LogP contribution in [-0.4, -0.2) is 53.7 Å². The van der Waals surface area contributed by atoms with Crippen molar-refractivity contribution in [1.82, 2.24) is 34.7 Å². The van der Waals surface area contributed by atoms with Crippen LogP contribution >= 0.6 is 0 Å². The van der Waals surface area contributed by atoms with Gasteiger partial charge < -0.3 is 9.47 Å². The van der Waals surface area contributed by atoms with E-state index in [9.17, 15) is 4.79 Å². The molecule has 172 valence electrons. The number of allylic oxidation sites excluding steroid dienone is 1. The molecule has 34 heavy (non-hydrogen) atoms. The van der Waals surface area contributed by atoms with Crippen LogP contribution in [0.5, 0.6) is 0 Å². The summed E-state index contributed by atoms with van der Waals surface area (Å²) >= 11 is 0. The van der Waals surface area contributed by atoms with Crippen LogP contribution in [0.3, 0.4) is 0 Å². The van der Waals surface area contributed by atoms with Crippen LogP contribution < -0.4 is 0 Å². The zero-order valence-electron chi connectivity index (χ0n) is 19.2. The van der Waals surface area contributed by atoms with Gasteiger partial charge in [-0.1, -0.05) is 49.4 Å². The van der Waals surface area contributed by atoms with E-state index in [1.807, 2.05) is 41.4 Å². The smallest absolute Gasteiger partial charge is 0.225 e. The summed E-state index contributed by atoms with van der Waals surface area (Å²) in [5.41, 5.74) is 4.62. The predicted octanol–water partition coefficient (Wildman–Crippen LogP) is 3.68. The molecule has 0 saturated carbocycles. The van der Waals surface area contributed by atoms with Gasteiger partial charge >= 0.3 is 0 Å². The van der Waals surface area contributed by atoms with Gasteiger partial charge in [0.1, 0.15) is 6.33 Å². The van der Waals surface area contributed by atoms with Crippen molar-refractivity contribution in [2.24, 2.45) is 5.92 Å². The van der Waals surface area contributed by atoms with Crippen molar-refractivity contribution in [3.05, 3.63) is 78.0 Å². The summed E-state index contributed by atoms with van der Waals surface area (Å²) in [6.07, 6.45) is 12.3. The van der Waals surface area contributed by atoms with Crippen molar-refractivity contribution in [1.29, 1.82) is 0 Å². The standard InChI is InChI=1S/C26H27N7O/c1-18-10-12-31(25(34)14-23(33-17-28-29-30-33)19-6-3-2-4-7-19)16-24(18)32-13-11-20-15-27-22-9-5-8-21(22)26(20)32/h2-8,11,13,15,17-18,23-24H,9-10,12,14,16H2,1H3/t18-,23?,24+/m1/s1. The van der Waals surface area contributed by atoms with Gasteiger partial charge in [-0.15, -0.1) is 5.10 Å². The molecule has 0 bridgehead atoms. The molecule has 1 aromatic carbocycles. The number of benzene rings is 1. The van der Waals surface area contributed by atoms with E-state index in [-0.39, 0.29) is 18.0 Å². The molecule has 8 heteroatoms. The van der Waals surface area contributed by atoms with E-state index < -0.39 is 0 Å². The molecule has 4 heterocycles. The molecule has 1 saturated heterocycles. The molecular weight excluding hydrogens is 426 g/mol. The Morgan fingerprint density at radius 3 is 2.91 bits per heavy atom. The first-order chi connectivity index (χ1) is 16.7. The lowest BCUT2D eigenvalue weighted by atomic mass is 9.92. The first kappa shape index (κ1) is 20.8. The van der Waals surface area contributed by atoms with Crippen LogP contribution in [0.4, 0.5) is 0 Å². The highest BCUT2D eigenvalue weighted by atomic mass is 16.2. The third-order valence-electron chi connectivity index (χ3n) is 7.33. The van der Waals surface area contributed by atoms with Crippen molar-refractivity contribution >= 4 is 22.9 Å². The summed E-state index contributed by atoms with van der Waals surface area (Å²) in [6, 6.07) is 12.1. The SMILES string of the molecule is C[C@@H]1CCN(C(=O)CC(c2ccccc2)n2cnnn2)C[C@@H]1n1ccc2cnc3c(c21)C=CC3. The van der Waals surface area contributed by atoms with Crippen molar-refractivity contribution in [2.75, 3.05) is 13.1 Å². The molecule has 1 aliphatic carbocycles. The number of carbonyl (C=O) groups excluding carboxylic acids is 1. The second kappa shape index (κ2) is 8.52. The Bertz CT molecular complexity index is 1340. The molecule has 0 N–H and O–H groups in total. The molecule has 3 aromatic heterocycles. The van der Waals surface area contributed by atoms with Gasteiger partial charge in [-0.05, 0) is 34.4 Å². The molecule has 1 amide bonds. The Kier molecular flexibility index (Phi) is 5.20. The van der Waals surface area contributed by atoms with Crippen LogP contribution in [0.1, 0.15) is 48.7 Å². The molecule has 3 atom stereocenters. The van der Waals surface area contributed by atoms with Crippen molar-refractivity contribution < 1.29 is 4.79 Å². The van der Waals surface area contributed by atoms with Gasteiger partial charge in [0, 0.05) is 42.9 Å². The average molecular weight is 454 g/mol. The Labute approximate surface area is 197 Å². The molecular formula is C26H27N7O. The number of piperidine rings is 1. The molecule has 1 fully saturated rings. The second-order valence-corrected chi connectivity index (χ2v) is 9.35. The molecule has 1 aliphatic heterocycles. The molecule has 0 radical (unpaired) electrons. The highest BCUT2D eigenvalue weighted by Gasteiger charge is 2.32. The summed E-state index contributed by atoms with van der Waals surface area (Å²) in [6.45, 7) is 3.76. The maximum atomic E-state index is 13.6. The number of aromatic nitrogens is 6. The zero-order chi connectivity index (χ0) is 23.1. The molecule has 1 unspecified atom stereocenters. The Hall–Kier alpha value is -3.81. The number of nitrogens with zero attached hydrogens (tertiary/aromatic N) is 7. The van der Waals surface area contributed by atoms with Gasteiger partial charge in [0.2, 0.25) is 5.91 Å². The summed E-state index contributed by atoms with van der Waals surface area (Å²) in [5.74, 6) is 0.600. The number of tetrazole rings is 1. The van der Waals surface area contributed by atoms with Crippen LogP contribution in [0, 0.1) is 5.92 Å². The lowest BCUT2D eigenvalue weighted by Gasteiger charge is -2.39. The van der Waals surface area contributed by atoms with Gasteiger partial charge in [-0.2, -0.15) is 0 Å². The third-order valence-corrected chi connectivity index (χ3v) is 7.33. The highest BCUT2D eigenvalue weighted by Crippen LogP contribution is 2.35. The second-order valence-electron chi connectivity index (χ2n) is 9.35. The normalized spacial score (nSPS) is 20.6. The number of likely N-dealkylation sites (tertiary alicyclic amines) is 1. The average Bonchev–Trinajstić information content (AvgIpc) is 3.63. The Morgan fingerprint density at radius 2 is 2.09 bits per heavy atom. The maximum Gasteiger partial charge on any atom is 0.225 e. The maximum absolute atomic E-state index is 13.6. The first-order valence-corrected chi connectivity index (χ1v) is 11.9. The number of hydrogen-bond acceptors (Lipinski definition) is 5. The van der Waals surface area contributed by atoms with E-state index in [1.165, 1.54) is 11.1 Å². The summed E-state index contributed by atoms with van der Waals surface area (Å²) in [5, 5.41) is 12.8. The van der Waals surface area contributed by atoms with E-state index in [4.69, 9.17) is 0 Å².